The zero-order valence-corrected chi connectivity index (χ0v) is 16.4. The standard InChI is InChI=1S/C21H20NO5P/c1-2-3-4-13-25-18-11-9-16(10-12-18)20-14-19(22-26-20)15-5-7-17(8-6-15)21(23)27-28-24/h5-12,14H,2-4,13H2,1H3. The van der Waals surface area contributed by atoms with Gasteiger partial charge in [-0.25, -0.2) is 9.36 Å². The molecule has 0 saturated carbocycles. The average molecular weight is 397 g/mol. The van der Waals surface area contributed by atoms with Crippen molar-refractivity contribution in [1.82, 2.24) is 5.16 Å². The molecule has 0 fully saturated rings. The Bertz CT molecular complexity index is 919. The lowest BCUT2D eigenvalue weighted by atomic mass is 10.1. The molecule has 28 heavy (non-hydrogen) atoms. The smallest absolute Gasteiger partial charge is 0.398 e. The first-order valence-corrected chi connectivity index (χ1v) is 9.78. The van der Waals surface area contributed by atoms with Gasteiger partial charge in [-0.2, -0.15) is 0 Å². The molecule has 0 saturated heterocycles. The van der Waals surface area contributed by atoms with Crippen molar-refractivity contribution >= 4 is 14.7 Å². The zero-order chi connectivity index (χ0) is 19.8. The molecule has 0 aliphatic rings. The number of hydrogen-bond donors (Lipinski definition) is 0. The van der Waals surface area contributed by atoms with E-state index in [1.54, 1.807) is 24.3 Å². The van der Waals surface area contributed by atoms with Gasteiger partial charge in [-0.15, -0.1) is 0 Å². The van der Waals surface area contributed by atoms with Crippen LogP contribution in [0.4, 0.5) is 0 Å². The van der Waals surface area contributed by atoms with Crippen LogP contribution in [0.3, 0.4) is 0 Å². The highest BCUT2D eigenvalue weighted by Gasteiger charge is 2.11. The van der Waals surface area contributed by atoms with E-state index in [9.17, 15) is 9.36 Å². The Morgan fingerprint density at radius 1 is 1.04 bits per heavy atom. The van der Waals surface area contributed by atoms with Crippen LogP contribution in [0.25, 0.3) is 22.6 Å². The molecule has 0 atom stereocenters. The molecule has 0 N–H and O–H groups in total. The molecular weight excluding hydrogens is 377 g/mol. The van der Waals surface area contributed by atoms with E-state index in [-0.39, 0.29) is 0 Å². The van der Waals surface area contributed by atoms with Crippen LogP contribution in [-0.4, -0.2) is 17.7 Å². The van der Waals surface area contributed by atoms with Gasteiger partial charge in [-0.05, 0) is 42.8 Å². The summed E-state index contributed by atoms with van der Waals surface area (Å²) in [5, 5.41) is 4.09. The van der Waals surface area contributed by atoms with Crippen molar-refractivity contribution < 1.29 is 23.1 Å². The highest BCUT2D eigenvalue weighted by molar-refractivity contribution is 7.18. The molecule has 1 heterocycles. The van der Waals surface area contributed by atoms with Gasteiger partial charge in [0.2, 0.25) is 0 Å². The van der Waals surface area contributed by atoms with Crippen molar-refractivity contribution in [3.8, 4) is 28.3 Å². The van der Waals surface area contributed by atoms with E-state index in [0.29, 0.717) is 17.0 Å². The normalized spacial score (nSPS) is 10.8. The summed E-state index contributed by atoms with van der Waals surface area (Å²) in [5.41, 5.74) is 2.65. The fourth-order valence-corrected chi connectivity index (χ4v) is 2.84. The molecule has 6 nitrogen and oxygen atoms in total. The number of carbonyl (C=O) groups is 1. The molecule has 0 amide bonds. The van der Waals surface area contributed by atoms with Gasteiger partial charge in [-0.3, -0.25) is 0 Å². The number of ether oxygens (including phenoxy) is 1. The van der Waals surface area contributed by atoms with Crippen LogP contribution >= 0.6 is 8.69 Å². The number of hydrogen-bond acceptors (Lipinski definition) is 6. The molecular formula is C21H20NO5P. The largest absolute Gasteiger partial charge is 0.494 e. The number of benzene rings is 2. The minimum atomic E-state index is -0.670. The summed E-state index contributed by atoms with van der Waals surface area (Å²) >= 11 is 0. The number of aromatic nitrogens is 1. The minimum Gasteiger partial charge on any atom is -0.494 e. The average Bonchev–Trinajstić information content (AvgIpc) is 3.22. The summed E-state index contributed by atoms with van der Waals surface area (Å²) in [6.07, 6.45) is 3.39. The lowest BCUT2D eigenvalue weighted by molar-refractivity contribution is 0.0756. The first kappa shape index (κ1) is 19.8. The molecule has 0 aliphatic heterocycles. The van der Waals surface area contributed by atoms with Crippen LogP contribution in [0.15, 0.2) is 59.1 Å². The zero-order valence-electron chi connectivity index (χ0n) is 15.5. The highest BCUT2D eigenvalue weighted by Crippen LogP contribution is 2.27. The van der Waals surface area contributed by atoms with Crippen molar-refractivity contribution in [2.24, 2.45) is 0 Å². The van der Waals surface area contributed by atoms with Crippen LogP contribution in [0.5, 0.6) is 5.75 Å². The van der Waals surface area contributed by atoms with E-state index in [0.717, 1.165) is 29.9 Å². The van der Waals surface area contributed by atoms with E-state index >= 15 is 0 Å². The second kappa shape index (κ2) is 9.81. The van der Waals surface area contributed by atoms with Gasteiger partial charge in [0.05, 0.1) is 12.2 Å². The fourth-order valence-electron chi connectivity index (χ4n) is 2.67. The quantitative estimate of drug-likeness (QED) is 0.328. The number of nitrogens with zero attached hydrogens (tertiary/aromatic N) is 1. The first-order chi connectivity index (χ1) is 13.7. The van der Waals surface area contributed by atoms with Crippen molar-refractivity contribution in [3.63, 3.8) is 0 Å². The molecule has 0 spiro atoms. The Hall–Kier alpha value is -2.98. The molecule has 0 aliphatic carbocycles. The van der Waals surface area contributed by atoms with E-state index in [1.807, 2.05) is 30.3 Å². The van der Waals surface area contributed by atoms with Crippen molar-refractivity contribution in [1.29, 1.82) is 0 Å². The topological polar surface area (TPSA) is 78.6 Å². The summed E-state index contributed by atoms with van der Waals surface area (Å²) in [6.45, 7) is 2.88. The van der Waals surface area contributed by atoms with Crippen molar-refractivity contribution in [2.45, 2.75) is 26.2 Å². The molecule has 144 valence electrons. The maximum Gasteiger partial charge on any atom is 0.398 e. The molecule has 0 radical (unpaired) electrons. The third-order valence-corrected chi connectivity index (χ3v) is 4.44. The SMILES string of the molecule is CCCCCOc1ccc(-c2cc(-c3ccc(C(=O)OP=O)cc3)no2)cc1. The van der Waals surface area contributed by atoms with E-state index in [2.05, 4.69) is 16.6 Å². The van der Waals surface area contributed by atoms with Crippen LogP contribution in [0, 0.1) is 0 Å². The Morgan fingerprint density at radius 3 is 2.43 bits per heavy atom. The maximum atomic E-state index is 11.5. The van der Waals surface area contributed by atoms with E-state index in [4.69, 9.17) is 9.26 Å². The van der Waals surface area contributed by atoms with Gasteiger partial charge >= 0.3 is 14.7 Å². The van der Waals surface area contributed by atoms with Crippen LogP contribution in [-0.2, 0) is 9.09 Å². The van der Waals surface area contributed by atoms with Crippen LogP contribution < -0.4 is 4.74 Å². The molecule has 0 bridgehead atoms. The highest BCUT2D eigenvalue weighted by atomic mass is 31.1. The number of rotatable bonds is 9. The van der Waals surface area contributed by atoms with Crippen molar-refractivity contribution in [3.05, 3.63) is 60.2 Å². The summed E-state index contributed by atoms with van der Waals surface area (Å²) in [5.74, 6) is 0.821. The summed E-state index contributed by atoms with van der Waals surface area (Å²) in [4.78, 5) is 11.5. The fraction of sp³-hybridized carbons (Fsp3) is 0.238. The predicted molar refractivity (Wildman–Crippen MR) is 105 cm³/mol. The molecule has 1 aromatic heterocycles. The summed E-state index contributed by atoms with van der Waals surface area (Å²) in [7, 11) is -0.670. The second-order valence-corrected chi connectivity index (χ2v) is 6.52. The molecule has 3 aromatic rings. The maximum absolute atomic E-state index is 11.5. The van der Waals surface area contributed by atoms with E-state index < -0.39 is 14.7 Å². The Kier molecular flexibility index (Phi) is 6.93. The Labute approximate surface area is 164 Å². The van der Waals surface area contributed by atoms with Gasteiger partial charge in [0.25, 0.3) is 0 Å². The van der Waals surface area contributed by atoms with Crippen LogP contribution in [0.1, 0.15) is 36.5 Å². The van der Waals surface area contributed by atoms with Gasteiger partial charge < -0.3 is 13.8 Å². The molecule has 7 heteroatoms. The number of unbranched alkanes of at least 4 members (excludes halogenated alkanes) is 2. The molecule has 2 aromatic carbocycles. The van der Waals surface area contributed by atoms with Gasteiger partial charge in [-0.1, -0.05) is 37.1 Å². The first-order valence-electron chi connectivity index (χ1n) is 9.05. The minimum absolute atomic E-state index is 0.311. The molecule has 3 rings (SSSR count). The Morgan fingerprint density at radius 2 is 1.75 bits per heavy atom. The van der Waals surface area contributed by atoms with E-state index in [1.165, 1.54) is 12.8 Å². The Balaban J connectivity index is 1.66. The molecule has 0 unspecified atom stereocenters. The van der Waals surface area contributed by atoms with Crippen molar-refractivity contribution in [2.75, 3.05) is 6.61 Å². The van der Waals surface area contributed by atoms with Crippen LogP contribution in [0.2, 0.25) is 0 Å². The lowest BCUT2D eigenvalue weighted by Gasteiger charge is -2.05. The third kappa shape index (κ3) is 5.05. The third-order valence-electron chi connectivity index (χ3n) is 4.20. The predicted octanol–water partition coefficient (Wildman–Crippen LogP) is 5.94. The summed E-state index contributed by atoms with van der Waals surface area (Å²) < 4.78 is 25.9. The monoisotopic (exact) mass is 397 g/mol. The summed E-state index contributed by atoms with van der Waals surface area (Å²) in [6, 6.07) is 16.2. The van der Waals surface area contributed by atoms with Gasteiger partial charge in [0, 0.05) is 17.2 Å². The number of carbonyl (C=O) groups excluding carboxylic acids is 1. The second-order valence-electron chi connectivity index (χ2n) is 6.19. The lowest BCUT2D eigenvalue weighted by Crippen LogP contribution is -1.97. The van der Waals surface area contributed by atoms with Gasteiger partial charge in [0.1, 0.15) is 11.4 Å². The van der Waals surface area contributed by atoms with Gasteiger partial charge in [0.15, 0.2) is 5.76 Å².